The standard InChI is InChI=1S/C13H20BClN2O3/c1-12(2)13(3,4)20-14(19-12)10-6-5-9(15)11(17-10)16-7-8-18/h5-6,18H,7-8H2,1-4H3,(H,16,17). The normalized spacial score (nSPS) is 20.2. The highest BCUT2D eigenvalue weighted by Crippen LogP contribution is 2.36. The van der Waals surface area contributed by atoms with Gasteiger partial charge in [0.25, 0.3) is 0 Å². The molecule has 110 valence electrons. The van der Waals surface area contributed by atoms with Crippen molar-refractivity contribution in [3.05, 3.63) is 17.2 Å². The smallest absolute Gasteiger partial charge is 0.398 e. The van der Waals surface area contributed by atoms with Gasteiger partial charge in [-0.3, -0.25) is 0 Å². The minimum Gasteiger partial charge on any atom is -0.398 e. The summed E-state index contributed by atoms with van der Waals surface area (Å²) in [5, 5.41) is 12.3. The maximum atomic E-state index is 8.85. The summed E-state index contributed by atoms with van der Waals surface area (Å²) >= 11 is 6.06. The van der Waals surface area contributed by atoms with Gasteiger partial charge in [-0.1, -0.05) is 11.6 Å². The number of pyridine rings is 1. The number of aliphatic hydroxyl groups is 1. The fraction of sp³-hybridized carbons (Fsp3) is 0.615. The summed E-state index contributed by atoms with van der Waals surface area (Å²) in [4.78, 5) is 4.42. The Morgan fingerprint density at radius 3 is 2.40 bits per heavy atom. The fourth-order valence-corrected chi connectivity index (χ4v) is 2.02. The number of nitrogens with zero attached hydrogens (tertiary/aromatic N) is 1. The van der Waals surface area contributed by atoms with Crippen LogP contribution in [-0.4, -0.2) is 41.6 Å². The zero-order valence-corrected chi connectivity index (χ0v) is 13.0. The van der Waals surface area contributed by atoms with Crippen LogP contribution in [-0.2, 0) is 9.31 Å². The number of aliphatic hydroxyl groups excluding tert-OH is 1. The van der Waals surface area contributed by atoms with Crippen LogP contribution in [0.2, 0.25) is 5.02 Å². The van der Waals surface area contributed by atoms with Crippen LogP contribution in [0.25, 0.3) is 0 Å². The molecule has 7 heteroatoms. The van der Waals surface area contributed by atoms with Gasteiger partial charge in [-0.25, -0.2) is 4.98 Å². The molecule has 0 atom stereocenters. The van der Waals surface area contributed by atoms with E-state index in [2.05, 4.69) is 10.3 Å². The average molecular weight is 299 g/mol. The van der Waals surface area contributed by atoms with Crippen molar-refractivity contribution in [2.45, 2.75) is 38.9 Å². The van der Waals surface area contributed by atoms with Crippen molar-refractivity contribution < 1.29 is 14.4 Å². The Morgan fingerprint density at radius 2 is 1.85 bits per heavy atom. The molecule has 0 aliphatic carbocycles. The number of nitrogens with one attached hydrogen (secondary N) is 1. The SMILES string of the molecule is CC1(C)OB(c2ccc(Cl)c(NCCO)n2)OC1(C)C. The third-order valence-electron chi connectivity index (χ3n) is 3.77. The predicted molar refractivity (Wildman–Crippen MR) is 80.5 cm³/mol. The summed E-state index contributed by atoms with van der Waals surface area (Å²) in [6.45, 7) is 8.38. The van der Waals surface area contributed by atoms with Crippen molar-refractivity contribution in [1.29, 1.82) is 0 Å². The van der Waals surface area contributed by atoms with E-state index in [0.717, 1.165) is 0 Å². The molecule has 2 rings (SSSR count). The fourth-order valence-electron chi connectivity index (χ4n) is 1.85. The molecule has 0 spiro atoms. The molecular formula is C13H20BClN2O3. The van der Waals surface area contributed by atoms with E-state index in [-0.39, 0.29) is 6.61 Å². The Labute approximate surface area is 124 Å². The second kappa shape index (κ2) is 5.52. The van der Waals surface area contributed by atoms with E-state index in [1.165, 1.54) is 0 Å². The van der Waals surface area contributed by atoms with Crippen molar-refractivity contribution in [3.8, 4) is 0 Å². The minimum atomic E-state index is -0.521. The molecule has 20 heavy (non-hydrogen) atoms. The highest BCUT2D eigenvalue weighted by atomic mass is 35.5. The summed E-state index contributed by atoms with van der Waals surface area (Å²) in [6.07, 6.45) is 0. The Bertz CT molecular complexity index is 481. The van der Waals surface area contributed by atoms with Crippen LogP contribution in [0.5, 0.6) is 0 Å². The first-order valence-electron chi connectivity index (χ1n) is 6.63. The van der Waals surface area contributed by atoms with E-state index in [1.807, 2.05) is 27.7 Å². The lowest BCUT2D eigenvalue weighted by molar-refractivity contribution is 0.00578. The van der Waals surface area contributed by atoms with Gasteiger partial charge in [0.2, 0.25) is 0 Å². The molecule has 0 amide bonds. The Hall–Kier alpha value is -0.815. The second-order valence-electron chi connectivity index (χ2n) is 5.81. The average Bonchev–Trinajstić information content (AvgIpc) is 2.57. The van der Waals surface area contributed by atoms with Gasteiger partial charge in [-0.05, 0) is 39.8 Å². The molecule has 0 aromatic carbocycles. The molecule has 0 unspecified atom stereocenters. The van der Waals surface area contributed by atoms with E-state index >= 15 is 0 Å². The summed E-state index contributed by atoms with van der Waals surface area (Å²) in [5.74, 6) is 0.521. The molecule has 0 radical (unpaired) electrons. The third kappa shape index (κ3) is 2.93. The van der Waals surface area contributed by atoms with E-state index < -0.39 is 18.3 Å². The first kappa shape index (κ1) is 15.6. The lowest BCUT2D eigenvalue weighted by Gasteiger charge is -2.32. The number of halogens is 1. The monoisotopic (exact) mass is 298 g/mol. The Kier molecular flexibility index (Phi) is 4.30. The Morgan fingerprint density at radius 1 is 1.25 bits per heavy atom. The zero-order valence-electron chi connectivity index (χ0n) is 12.2. The second-order valence-corrected chi connectivity index (χ2v) is 6.21. The van der Waals surface area contributed by atoms with Crippen LogP contribution < -0.4 is 10.9 Å². The quantitative estimate of drug-likeness (QED) is 0.824. The number of hydrogen-bond donors (Lipinski definition) is 2. The van der Waals surface area contributed by atoms with Crippen LogP contribution in [0.3, 0.4) is 0 Å². The van der Waals surface area contributed by atoms with E-state index in [4.69, 9.17) is 26.0 Å². The van der Waals surface area contributed by atoms with Crippen LogP contribution in [0.15, 0.2) is 12.1 Å². The molecule has 1 aromatic rings. The van der Waals surface area contributed by atoms with E-state index in [1.54, 1.807) is 12.1 Å². The summed E-state index contributed by atoms with van der Waals surface area (Å²) in [7, 11) is -0.521. The first-order chi connectivity index (χ1) is 9.27. The largest absolute Gasteiger partial charge is 0.514 e. The molecule has 1 aliphatic rings. The predicted octanol–water partition coefficient (Wildman–Crippen LogP) is 1.44. The molecule has 2 N–H and O–H groups in total. The number of aromatic nitrogens is 1. The van der Waals surface area contributed by atoms with Crippen LogP contribution in [0, 0.1) is 0 Å². The Balaban J connectivity index is 2.22. The van der Waals surface area contributed by atoms with Gasteiger partial charge in [0.15, 0.2) is 0 Å². The molecule has 0 saturated carbocycles. The van der Waals surface area contributed by atoms with Crippen molar-refractivity contribution in [1.82, 2.24) is 4.98 Å². The van der Waals surface area contributed by atoms with Gasteiger partial charge in [0.1, 0.15) is 5.82 Å². The zero-order chi connectivity index (χ0) is 15.0. The summed E-state index contributed by atoms with van der Waals surface area (Å²) < 4.78 is 11.9. The maximum Gasteiger partial charge on any atom is 0.514 e. The van der Waals surface area contributed by atoms with Crippen LogP contribution in [0.1, 0.15) is 27.7 Å². The van der Waals surface area contributed by atoms with Crippen molar-refractivity contribution in [2.75, 3.05) is 18.5 Å². The van der Waals surface area contributed by atoms with Gasteiger partial charge in [-0.15, -0.1) is 0 Å². The molecule has 1 saturated heterocycles. The lowest BCUT2D eigenvalue weighted by Crippen LogP contribution is -2.41. The molecule has 1 aromatic heterocycles. The molecule has 1 fully saturated rings. The topological polar surface area (TPSA) is 63.6 Å². The van der Waals surface area contributed by atoms with Crippen LogP contribution in [0.4, 0.5) is 5.82 Å². The highest BCUT2D eigenvalue weighted by Gasteiger charge is 2.52. The number of hydrogen-bond acceptors (Lipinski definition) is 5. The lowest BCUT2D eigenvalue weighted by atomic mass is 9.84. The maximum absolute atomic E-state index is 8.85. The molecule has 1 aliphatic heterocycles. The number of rotatable bonds is 4. The van der Waals surface area contributed by atoms with Crippen molar-refractivity contribution >= 4 is 30.1 Å². The van der Waals surface area contributed by atoms with E-state index in [0.29, 0.717) is 23.0 Å². The van der Waals surface area contributed by atoms with Gasteiger partial charge >= 0.3 is 7.12 Å². The number of anilines is 1. The summed E-state index contributed by atoms with van der Waals surface area (Å²) in [5.41, 5.74) is -0.150. The van der Waals surface area contributed by atoms with Gasteiger partial charge in [-0.2, -0.15) is 0 Å². The molecule has 0 bridgehead atoms. The van der Waals surface area contributed by atoms with Gasteiger partial charge < -0.3 is 19.7 Å². The van der Waals surface area contributed by atoms with Crippen molar-refractivity contribution in [2.24, 2.45) is 0 Å². The van der Waals surface area contributed by atoms with Crippen molar-refractivity contribution in [3.63, 3.8) is 0 Å². The van der Waals surface area contributed by atoms with Crippen LogP contribution >= 0.6 is 11.6 Å². The first-order valence-corrected chi connectivity index (χ1v) is 7.01. The summed E-state index contributed by atoms with van der Waals surface area (Å²) in [6, 6.07) is 3.53. The van der Waals surface area contributed by atoms with Gasteiger partial charge in [0.05, 0.1) is 28.4 Å². The molecule has 5 nitrogen and oxygen atoms in total. The third-order valence-corrected chi connectivity index (χ3v) is 4.07. The van der Waals surface area contributed by atoms with Gasteiger partial charge in [0, 0.05) is 6.54 Å². The molecular weight excluding hydrogens is 278 g/mol. The highest BCUT2D eigenvalue weighted by molar-refractivity contribution is 6.61. The van der Waals surface area contributed by atoms with E-state index in [9.17, 15) is 0 Å². The molecule has 2 heterocycles. The minimum absolute atomic E-state index is 0.0126.